The molecule has 20 heavy (non-hydrogen) atoms. The molecule has 1 saturated heterocycles. The highest BCUT2D eigenvalue weighted by molar-refractivity contribution is 5.40. The summed E-state index contributed by atoms with van der Waals surface area (Å²) in [5, 5.41) is 3.35. The van der Waals surface area contributed by atoms with Gasteiger partial charge in [0.05, 0.1) is 13.4 Å². The Labute approximate surface area is 117 Å². The number of imidazole rings is 1. The minimum atomic E-state index is -0.352. The summed E-state index contributed by atoms with van der Waals surface area (Å²) in [5.74, 6) is 0.385. The van der Waals surface area contributed by atoms with Crippen LogP contribution in [0.1, 0.15) is 24.5 Å². The van der Waals surface area contributed by atoms with Gasteiger partial charge < -0.3 is 14.6 Å². The van der Waals surface area contributed by atoms with Gasteiger partial charge in [-0.3, -0.25) is 0 Å². The fourth-order valence-corrected chi connectivity index (χ4v) is 2.75. The molecule has 1 N–H and O–H groups in total. The molecule has 3 rings (SSSR count). The number of hydrogen-bond donors (Lipinski definition) is 1. The van der Waals surface area contributed by atoms with Crippen LogP contribution in [-0.2, 0) is 0 Å². The Hall–Kier alpha value is -1.88. The number of piperidine rings is 1. The third-order valence-electron chi connectivity index (χ3n) is 3.84. The lowest BCUT2D eigenvalue weighted by atomic mass is 9.95. The summed E-state index contributed by atoms with van der Waals surface area (Å²) in [7, 11) is 1.47. The van der Waals surface area contributed by atoms with Gasteiger partial charge in [-0.25, -0.2) is 9.37 Å². The number of nitrogens with zero attached hydrogens (tertiary/aromatic N) is 2. The summed E-state index contributed by atoms with van der Waals surface area (Å²) >= 11 is 0. The van der Waals surface area contributed by atoms with Crippen molar-refractivity contribution in [3.05, 3.63) is 42.2 Å². The van der Waals surface area contributed by atoms with Crippen LogP contribution < -0.4 is 10.1 Å². The number of methoxy groups -OCH3 is 1. The molecule has 0 bridgehead atoms. The van der Waals surface area contributed by atoms with E-state index in [0.29, 0.717) is 5.92 Å². The second kappa shape index (κ2) is 5.63. The zero-order valence-electron chi connectivity index (χ0n) is 11.5. The quantitative estimate of drug-likeness (QED) is 0.935. The Morgan fingerprint density at radius 3 is 2.85 bits per heavy atom. The number of halogens is 1. The molecule has 4 nitrogen and oxygen atoms in total. The third-order valence-corrected chi connectivity index (χ3v) is 3.84. The Morgan fingerprint density at radius 1 is 1.35 bits per heavy atom. The topological polar surface area (TPSA) is 39.1 Å². The lowest BCUT2D eigenvalue weighted by molar-refractivity contribution is 0.386. The van der Waals surface area contributed by atoms with Gasteiger partial charge in [0.15, 0.2) is 11.6 Å². The van der Waals surface area contributed by atoms with Gasteiger partial charge in [0, 0.05) is 29.6 Å². The number of benzene rings is 1. The minimum Gasteiger partial charge on any atom is -0.494 e. The molecule has 0 aliphatic carbocycles. The van der Waals surface area contributed by atoms with E-state index in [1.807, 2.05) is 16.8 Å². The van der Waals surface area contributed by atoms with Crippen molar-refractivity contribution in [1.82, 2.24) is 14.9 Å². The Morgan fingerprint density at radius 2 is 2.15 bits per heavy atom. The van der Waals surface area contributed by atoms with Crippen LogP contribution in [0.15, 0.2) is 30.7 Å². The Bertz CT molecular complexity index is 591. The first kappa shape index (κ1) is 13.1. The fraction of sp³-hybridized carbons (Fsp3) is 0.400. The highest BCUT2D eigenvalue weighted by atomic mass is 19.1. The summed E-state index contributed by atoms with van der Waals surface area (Å²) in [6.07, 6.45) is 5.81. The first-order valence-electron chi connectivity index (χ1n) is 6.86. The van der Waals surface area contributed by atoms with Crippen molar-refractivity contribution in [2.24, 2.45) is 0 Å². The van der Waals surface area contributed by atoms with Crippen molar-refractivity contribution in [1.29, 1.82) is 0 Å². The van der Waals surface area contributed by atoms with E-state index in [2.05, 4.69) is 10.3 Å². The van der Waals surface area contributed by atoms with Crippen molar-refractivity contribution >= 4 is 0 Å². The molecule has 2 heterocycles. The number of nitrogens with one attached hydrogen (secondary N) is 1. The molecular formula is C15H18FN3O. The van der Waals surface area contributed by atoms with E-state index in [1.165, 1.54) is 13.2 Å². The van der Waals surface area contributed by atoms with Crippen molar-refractivity contribution < 1.29 is 9.13 Å². The van der Waals surface area contributed by atoms with Crippen LogP contribution in [0.4, 0.5) is 4.39 Å². The standard InChI is InChI=1S/C15H18FN3O/c1-20-15-3-2-12(8-13(15)16)19-10-18-9-14(19)11-4-6-17-7-5-11/h2-3,8-11,17H,4-7H2,1H3. The summed E-state index contributed by atoms with van der Waals surface area (Å²) in [6.45, 7) is 2.04. The van der Waals surface area contributed by atoms with Crippen LogP contribution in [0.25, 0.3) is 5.69 Å². The van der Waals surface area contributed by atoms with Gasteiger partial charge in [-0.05, 0) is 38.1 Å². The van der Waals surface area contributed by atoms with Crippen LogP contribution in [0.2, 0.25) is 0 Å². The maximum absolute atomic E-state index is 13.8. The van der Waals surface area contributed by atoms with Gasteiger partial charge in [-0.15, -0.1) is 0 Å². The van der Waals surface area contributed by atoms with Crippen molar-refractivity contribution in [2.45, 2.75) is 18.8 Å². The molecule has 0 unspecified atom stereocenters. The molecule has 1 aromatic carbocycles. The zero-order valence-corrected chi connectivity index (χ0v) is 11.5. The van der Waals surface area contributed by atoms with Gasteiger partial charge in [0.1, 0.15) is 0 Å². The van der Waals surface area contributed by atoms with E-state index >= 15 is 0 Å². The Kier molecular flexibility index (Phi) is 3.69. The lowest BCUT2D eigenvalue weighted by Gasteiger charge is -2.23. The molecule has 1 aliphatic rings. The molecule has 0 radical (unpaired) electrons. The second-order valence-corrected chi connectivity index (χ2v) is 5.03. The summed E-state index contributed by atoms with van der Waals surface area (Å²) < 4.78 is 20.8. The average Bonchev–Trinajstić information content (AvgIpc) is 2.97. The van der Waals surface area contributed by atoms with E-state index in [4.69, 9.17) is 4.74 Å². The van der Waals surface area contributed by atoms with Gasteiger partial charge in [-0.1, -0.05) is 0 Å². The van der Waals surface area contributed by atoms with E-state index < -0.39 is 0 Å². The largest absolute Gasteiger partial charge is 0.494 e. The molecule has 106 valence electrons. The monoisotopic (exact) mass is 275 g/mol. The highest BCUT2D eigenvalue weighted by Gasteiger charge is 2.19. The molecule has 0 atom stereocenters. The molecule has 2 aromatic rings. The van der Waals surface area contributed by atoms with E-state index in [1.54, 1.807) is 12.4 Å². The molecular weight excluding hydrogens is 257 g/mol. The molecule has 0 spiro atoms. The highest BCUT2D eigenvalue weighted by Crippen LogP contribution is 2.28. The average molecular weight is 275 g/mol. The normalized spacial score (nSPS) is 16.3. The maximum Gasteiger partial charge on any atom is 0.167 e. The zero-order chi connectivity index (χ0) is 13.9. The number of rotatable bonds is 3. The van der Waals surface area contributed by atoms with Crippen molar-refractivity contribution in [3.63, 3.8) is 0 Å². The molecule has 1 aromatic heterocycles. The smallest absolute Gasteiger partial charge is 0.167 e. The maximum atomic E-state index is 13.8. The second-order valence-electron chi connectivity index (χ2n) is 5.03. The third kappa shape index (κ3) is 2.41. The lowest BCUT2D eigenvalue weighted by Crippen LogP contribution is -2.27. The summed E-state index contributed by atoms with van der Waals surface area (Å²) in [5.41, 5.74) is 1.94. The number of hydrogen-bond acceptors (Lipinski definition) is 3. The van der Waals surface area contributed by atoms with E-state index in [0.717, 1.165) is 37.3 Å². The van der Waals surface area contributed by atoms with Crippen molar-refractivity contribution in [2.75, 3.05) is 20.2 Å². The van der Waals surface area contributed by atoms with Gasteiger partial charge >= 0.3 is 0 Å². The fourth-order valence-electron chi connectivity index (χ4n) is 2.75. The molecule has 5 heteroatoms. The molecule has 1 aliphatic heterocycles. The predicted octanol–water partition coefficient (Wildman–Crippen LogP) is 2.49. The van der Waals surface area contributed by atoms with E-state index in [9.17, 15) is 4.39 Å². The van der Waals surface area contributed by atoms with Crippen LogP contribution >= 0.6 is 0 Å². The summed E-state index contributed by atoms with van der Waals surface area (Å²) in [4.78, 5) is 4.23. The van der Waals surface area contributed by atoms with Crippen LogP contribution in [0.5, 0.6) is 5.75 Å². The van der Waals surface area contributed by atoms with Crippen molar-refractivity contribution in [3.8, 4) is 11.4 Å². The SMILES string of the molecule is COc1ccc(-n2cncc2C2CCNCC2)cc1F. The Balaban J connectivity index is 1.94. The summed E-state index contributed by atoms with van der Waals surface area (Å²) in [6, 6.07) is 5.00. The minimum absolute atomic E-state index is 0.261. The predicted molar refractivity (Wildman–Crippen MR) is 74.9 cm³/mol. The first-order valence-corrected chi connectivity index (χ1v) is 6.86. The van der Waals surface area contributed by atoms with E-state index in [-0.39, 0.29) is 11.6 Å². The van der Waals surface area contributed by atoms with Gasteiger partial charge in [0.2, 0.25) is 0 Å². The first-order chi connectivity index (χ1) is 9.79. The number of aromatic nitrogens is 2. The van der Waals surface area contributed by atoms with Gasteiger partial charge in [0.25, 0.3) is 0 Å². The van der Waals surface area contributed by atoms with Crippen LogP contribution in [0, 0.1) is 5.82 Å². The molecule has 1 fully saturated rings. The van der Waals surface area contributed by atoms with Crippen LogP contribution in [-0.4, -0.2) is 29.8 Å². The van der Waals surface area contributed by atoms with Gasteiger partial charge in [-0.2, -0.15) is 0 Å². The molecule has 0 saturated carbocycles. The number of ether oxygens (including phenoxy) is 1. The molecule has 0 amide bonds. The van der Waals surface area contributed by atoms with Crippen LogP contribution in [0.3, 0.4) is 0 Å².